The van der Waals surface area contributed by atoms with Gasteiger partial charge in [-0.25, -0.2) is 15.0 Å². The van der Waals surface area contributed by atoms with Gasteiger partial charge in [0.25, 0.3) is 0 Å². The number of aryl methyl sites for hydroxylation is 2. The van der Waals surface area contributed by atoms with Crippen molar-refractivity contribution in [1.29, 1.82) is 0 Å². The number of hydrogen-bond acceptors (Lipinski definition) is 7. The number of nitrogens with one attached hydrogen (secondary N) is 1. The van der Waals surface area contributed by atoms with Gasteiger partial charge in [0.1, 0.15) is 17.3 Å². The molecule has 0 saturated carbocycles. The van der Waals surface area contributed by atoms with Crippen LogP contribution in [0.3, 0.4) is 0 Å². The molecule has 2 heterocycles. The van der Waals surface area contributed by atoms with Crippen LogP contribution < -0.4 is 14.8 Å². The fourth-order valence-corrected chi connectivity index (χ4v) is 3.83. The highest BCUT2D eigenvalue weighted by molar-refractivity contribution is 7.22. The number of aromatic nitrogens is 3. The largest absolute Gasteiger partial charge is 0.497 e. The summed E-state index contributed by atoms with van der Waals surface area (Å²) in [5.74, 6) is 2.38. The number of thiazole rings is 1. The zero-order valence-corrected chi connectivity index (χ0v) is 18.9. The molecule has 160 valence electrons. The second-order valence-corrected chi connectivity index (χ2v) is 7.74. The molecule has 0 aliphatic carbocycles. The van der Waals surface area contributed by atoms with Crippen LogP contribution in [0.2, 0.25) is 0 Å². The third-order valence-electron chi connectivity index (χ3n) is 4.35. The highest BCUT2D eigenvalue weighted by Crippen LogP contribution is 2.29. The van der Waals surface area contributed by atoms with E-state index >= 15 is 0 Å². The topological polar surface area (TPSA) is 86.2 Å². The van der Waals surface area contributed by atoms with Gasteiger partial charge in [0.15, 0.2) is 5.13 Å². The van der Waals surface area contributed by atoms with E-state index in [2.05, 4.69) is 20.3 Å². The standard InChI is InChI=1S/C14H12N4OS.C9H12O2/c1-8-15-6-5-11(16-8)10-3-4-12-13(7-10)20-14(18-12)17-9(2)19;1-7-6-8(10-2)4-5-9(7)11-3/h3-7H,1-2H3,(H,17,18,19);4-6H,1-3H3. The Morgan fingerprint density at radius 1 is 1.00 bits per heavy atom. The molecule has 7 nitrogen and oxygen atoms in total. The molecule has 1 N–H and O–H groups in total. The average molecular weight is 437 g/mol. The predicted molar refractivity (Wildman–Crippen MR) is 124 cm³/mol. The number of anilines is 1. The summed E-state index contributed by atoms with van der Waals surface area (Å²) >= 11 is 1.45. The van der Waals surface area contributed by atoms with E-state index in [1.165, 1.54) is 18.3 Å². The lowest BCUT2D eigenvalue weighted by Gasteiger charge is -2.05. The van der Waals surface area contributed by atoms with Crippen molar-refractivity contribution in [2.45, 2.75) is 20.8 Å². The lowest BCUT2D eigenvalue weighted by atomic mass is 10.1. The molecule has 4 aromatic rings. The van der Waals surface area contributed by atoms with Gasteiger partial charge < -0.3 is 14.8 Å². The minimum absolute atomic E-state index is 0.115. The van der Waals surface area contributed by atoms with E-state index in [0.717, 1.165) is 44.4 Å². The summed E-state index contributed by atoms with van der Waals surface area (Å²) in [7, 11) is 3.32. The maximum Gasteiger partial charge on any atom is 0.223 e. The molecule has 0 bridgehead atoms. The lowest BCUT2D eigenvalue weighted by Crippen LogP contribution is -2.04. The van der Waals surface area contributed by atoms with Crippen molar-refractivity contribution >= 4 is 32.6 Å². The Morgan fingerprint density at radius 3 is 2.45 bits per heavy atom. The molecule has 0 aliphatic heterocycles. The predicted octanol–water partition coefficient (Wildman–Crippen LogP) is 5.03. The second-order valence-electron chi connectivity index (χ2n) is 6.71. The first kappa shape index (κ1) is 22.2. The lowest BCUT2D eigenvalue weighted by molar-refractivity contribution is -0.114. The van der Waals surface area contributed by atoms with Gasteiger partial charge in [-0.1, -0.05) is 17.4 Å². The van der Waals surface area contributed by atoms with Crippen molar-refractivity contribution in [3.8, 4) is 22.8 Å². The number of methoxy groups -OCH3 is 2. The van der Waals surface area contributed by atoms with Crippen molar-refractivity contribution in [3.63, 3.8) is 0 Å². The number of fused-ring (bicyclic) bond motifs is 1. The molecule has 0 aliphatic rings. The van der Waals surface area contributed by atoms with Crippen LogP contribution >= 0.6 is 11.3 Å². The number of nitrogens with zero attached hydrogens (tertiary/aromatic N) is 3. The van der Waals surface area contributed by atoms with E-state index in [4.69, 9.17) is 9.47 Å². The van der Waals surface area contributed by atoms with Crippen molar-refractivity contribution in [2.75, 3.05) is 19.5 Å². The van der Waals surface area contributed by atoms with Crippen LogP contribution in [0.15, 0.2) is 48.7 Å². The maximum atomic E-state index is 11.1. The number of ether oxygens (including phenoxy) is 2. The molecule has 0 spiro atoms. The summed E-state index contributed by atoms with van der Waals surface area (Å²) in [4.78, 5) is 23.9. The average Bonchev–Trinajstić information content (AvgIpc) is 3.14. The molecular weight excluding hydrogens is 412 g/mol. The van der Waals surface area contributed by atoms with Crippen molar-refractivity contribution < 1.29 is 14.3 Å². The first-order valence-corrected chi connectivity index (χ1v) is 10.4. The van der Waals surface area contributed by atoms with Gasteiger partial charge in [0, 0.05) is 18.7 Å². The van der Waals surface area contributed by atoms with Crippen LogP contribution in [0, 0.1) is 13.8 Å². The van der Waals surface area contributed by atoms with Crippen LogP contribution in [0.5, 0.6) is 11.5 Å². The van der Waals surface area contributed by atoms with Crippen LogP contribution in [-0.2, 0) is 4.79 Å². The molecule has 4 rings (SSSR count). The summed E-state index contributed by atoms with van der Waals surface area (Å²) in [5, 5.41) is 3.32. The molecule has 0 unspecified atom stereocenters. The molecule has 31 heavy (non-hydrogen) atoms. The first-order chi connectivity index (χ1) is 14.9. The van der Waals surface area contributed by atoms with E-state index in [1.54, 1.807) is 20.4 Å². The minimum Gasteiger partial charge on any atom is -0.497 e. The van der Waals surface area contributed by atoms with Gasteiger partial charge in [0.05, 0.1) is 30.1 Å². The Balaban J connectivity index is 0.000000210. The maximum absolute atomic E-state index is 11.1. The molecule has 0 saturated heterocycles. The first-order valence-electron chi connectivity index (χ1n) is 9.56. The van der Waals surface area contributed by atoms with Crippen LogP contribution in [0.1, 0.15) is 18.3 Å². The zero-order chi connectivity index (χ0) is 22.4. The molecule has 0 atom stereocenters. The van der Waals surface area contributed by atoms with Gasteiger partial charge in [-0.3, -0.25) is 4.79 Å². The second kappa shape index (κ2) is 9.99. The Labute approximate surface area is 185 Å². The summed E-state index contributed by atoms with van der Waals surface area (Å²) < 4.78 is 11.1. The number of benzene rings is 2. The number of rotatable bonds is 4. The van der Waals surface area contributed by atoms with E-state index in [0.29, 0.717) is 5.13 Å². The zero-order valence-electron chi connectivity index (χ0n) is 18.1. The molecular formula is C23H24N4O3S. The van der Waals surface area contributed by atoms with Gasteiger partial charge in [-0.05, 0) is 55.8 Å². The van der Waals surface area contributed by atoms with E-state index < -0.39 is 0 Å². The number of amides is 1. The quantitative estimate of drug-likeness (QED) is 0.483. The molecule has 2 aromatic carbocycles. The summed E-state index contributed by atoms with van der Waals surface area (Å²) in [5.41, 5.74) is 3.86. The Bertz CT molecular complexity index is 1210. The van der Waals surface area contributed by atoms with Crippen molar-refractivity contribution in [2.24, 2.45) is 0 Å². The molecule has 0 radical (unpaired) electrons. The van der Waals surface area contributed by atoms with Gasteiger partial charge in [-0.2, -0.15) is 0 Å². The molecule has 0 fully saturated rings. The summed E-state index contributed by atoms with van der Waals surface area (Å²) in [6.07, 6.45) is 1.75. The fraction of sp³-hybridized carbons (Fsp3) is 0.217. The summed E-state index contributed by atoms with van der Waals surface area (Å²) in [6, 6.07) is 13.5. The number of hydrogen-bond donors (Lipinski definition) is 1. The minimum atomic E-state index is -0.115. The highest BCUT2D eigenvalue weighted by atomic mass is 32.1. The van der Waals surface area contributed by atoms with Gasteiger partial charge in [0.2, 0.25) is 5.91 Å². The Kier molecular flexibility index (Phi) is 7.15. The van der Waals surface area contributed by atoms with Gasteiger partial charge >= 0.3 is 0 Å². The smallest absolute Gasteiger partial charge is 0.223 e. The molecule has 1 amide bonds. The van der Waals surface area contributed by atoms with Crippen molar-refractivity contribution in [1.82, 2.24) is 15.0 Å². The normalized spacial score (nSPS) is 10.2. The SMILES string of the molecule is CC(=O)Nc1nc2ccc(-c3ccnc(C)n3)cc2s1.COc1ccc(OC)c(C)c1. The van der Waals surface area contributed by atoms with Crippen LogP contribution in [0.4, 0.5) is 5.13 Å². The molecule has 2 aromatic heterocycles. The fourth-order valence-electron chi connectivity index (χ4n) is 2.88. The monoisotopic (exact) mass is 436 g/mol. The third kappa shape index (κ3) is 5.76. The van der Waals surface area contributed by atoms with Crippen LogP contribution in [0.25, 0.3) is 21.5 Å². The summed E-state index contributed by atoms with van der Waals surface area (Å²) in [6.45, 7) is 5.33. The number of carbonyl (C=O) groups is 1. The third-order valence-corrected chi connectivity index (χ3v) is 5.28. The van der Waals surface area contributed by atoms with Crippen LogP contribution in [-0.4, -0.2) is 35.1 Å². The Morgan fingerprint density at radius 2 is 1.81 bits per heavy atom. The van der Waals surface area contributed by atoms with Crippen molar-refractivity contribution in [3.05, 3.63) is 60.0 Å². The highest BCUT2D eigenvalue weighted by Gasteiger charge is 2.07. The molecule has 8 heteroatoms. The van der Waals surface area contributed by atoms with E-state index in [9.17, 15) is 4.79 Å². The van der Waals surface area contributed by atoms with E-state index in [-0.39, 0.29) is 5.91 Å². The number of carbonyl (C=O) groups excluding carboxylic acids is 1. The van der Waals surface area contributed by atoms with Gasteiger partial charge in [-0.15, -0.1) is 0 Å². The van der Waals surface area contributed by atoms with E-state index in [1.807, 2.05) is 56.3 Å². The Hall–Kier alpha value is -3.52.